The number of aromatic amines is 1. The number of fused-ring (bicyclic) bond motifs is 2. The second-order valence-corrected chi connectivity index (χ2v) is 7.85. The number of benzene rings is 1. The standard InChI is InChI=1S/C18H22N4S.C4H4O4/c1-3-19-18(23)21-12-8-14-13-5-4-6-15-17(13)11(9-20-15)7-16(14)22(2)10-12;5-3(6)1-2-4(7)8/h4-6,8-9,12,16,20H,3,7,10H2,1-2H3,(H2,19,21,23);1-2H,(H,5,6)(H,7,8)/b;2-1-/t12-,16+;/m0./s1. The van der Waals surface area contributed by atoms with E-state index in [0.717, 1.165) is 24.6 Å². The van der Waals surface area contributed by atoms with Crippen LogP contribution in [0.15, 0.2) is 42.6 Å². The molecule has 9 heteroatoms. The van der Waals surface area contributed by atoms with Crippen LogP contribution in [0.5, 0.6) is 0 Å². The summed E-state index contributed by atoms with van der Waals surface area (Å²) in [5.41, 5.74) is 5.45. The number of carbonyl (C=O) groups is 2. The molecule has 2 atom stereocenters. The number of hydrogen-bond donors (Lipinski definition) is 5. The molecule has 5 N–H and O–H groups in total. The van der Waals surface area contributed by atoms with Gasteiger partial charge in [0.05, 0.1) is 6.04 Å². The SMILES string of the molecule is CCNC(=S)N[C@H]1C=C2c3cccc4[nH]cc(c34)C[C@H]2N(C)C1.O=C(O)/C=C\C(=O)O. The topological polar surface area (TPSA) is 118 Å². The summed E-state index contributed by atoms with van der Waals surface area (Å²) in [6.07, 6.45) is 6.73. The van der Waals surface area contributed by atoms with Crippen molar-refractivity contribution >= 4 is 45.7 Å². The average Bonchev–Trinajstić information content (AvgIpc) is 3.12. The second-order valence-electron chi connectivity index (χ2n) is 7.44. The molecule has 0 unspecified atom stereocenters. The van der Waals surface area contributed by atoms with Crippen molar-refractivity contribution in [2.24, 2.45) is 0 Å². The Hall–Kier alpha value is -3.17. The number of rotatable bonds is 4. The Labute approximate surface area is 185 Å². The van der Waals surface area contributed by atoms with E-state index in [1.807, 2.05) is 0 Å². The van der Waals surface area contributed by atoms with Crippen LogP contribution in [0, 0.1) is 0 Å². The zero-order chi connectivity index (χ0) is 22.5. The third-order valence-corrected chi connectivity index (χ3v) is 5.55. The van der Waals surface area contributed by atoms with Gasteiger partial charge in [0.15, 0.2) is 5.11 Å². The lowest BCUT2D eigenvalue weighted by molar-refractivity contribution is -0.134. The van der Waals surface area contributed by atoms with E-state index in [0.29, 0.717) is 18.2 Å². The van der Waals surface area contributed by atoms with Crippen molar-refractivity contribution in [3.8, 4) is 0 Å². The minimum Gasteiger partial charge on any atom is -0.478 e. The molecule has 0 radical (unpaired) electrons. The molecule has 0 bridgehead atoms. The van der Waals surface area contributed by atoms with Crippen molar-refractivity contribution in [2.45, 2.75) is 25.4 Å². The number of aromatic nitrogens is 1. The van der Waals surface area contributed by atoms with Crippen LogP contribution in [-0.2, 0) is 16.0 Å². The summed E-state index contributed by atoms with van der Waals surface area (Å²) in [5, 5.41) is 24.4. The van der Waals surface area contributed by atoms with Gasteiger partial charge in [-0.15, -0.1) is 0 Å². The van der Waals surface area contributed by atoms with E-state index in [1.165, 1.54) is 27.6 Å². The average molecular weight is 443 g/mol. The fourth-order valence-electron chi connectivity index (χ4n) is 4.07. The van der Waals surface area contributed by atoms with Crippen molar-refractivity contribution in [1.82, 2.24) is 20.5 Å². The highest BCUT2D eigenvalue weighted by Crippen LogP contribution is 2.39. The summed E-state index contributed by atoms with van der Waals surface area (Å²) in [6, 6.07) is 7.24. The number of nitrogens with one attached hydrogen (secondary N) is 3. The van der Waals surface area contributed by atoms with Crippen LogP contribution in [0.4, 0.5) is 0 Å². The van der Waals surface area contributed by atoms with Crippen LogP contribution in [0.3, 0.4) is 0 Å². The van der Waals surface area contributed by atoms with E-state index in [2.05, 4.69) is 65.0 Å². The molecule has 1 aromatic carbocycles. The maximum Gasteiger partial charge on any atom is 0.328 e. The van der Waals surface area contributed by atoms with E-state index in [4.69, 9.17) is 22.4 Å². The largest absolute Gasteiger partial charge is 0.478 e. The van der Waals surface area contributed by atoms with Gasteiger partial charge in [-0.25, -0.2) is 9.59 Å². The summed E-state index contributed by atoms with van der Waals surface area (Å²) in [5.74, 6) is -2.51. The lowest BCUT2D eigenvalue weighted by Crippen LogP contribution is -2.52. The summed E-state index contributed by atoms with van der Waals surface area (Å²) >= 11 is 5.36. The molecule has 1 aromatic heterocycles. The summed E-state index contributed by atoms with van der Waals surface area (Å²) in [6.45, 7) is 3.87. The van der Waals surface area contributed by atoms with Gasteiger partial charge in [0, 0.05) is 48.4 Å². The highest BCUT2D eigenvalue weighted by Gasteiger charge is 2.33. The van der Waals surface area contributed by atoms with E-state index in [-0.39, 0.29) is 6.04 Å². The molecule has 2 aromatic rings. The molecular formula is C22H26N4O4S. The van der Waals surface area contributed by atoms with Gasteiger partial charge < -0.3 is 25.8 Å². The molecule has 31 heavy (non-hydrogen) atoms. The fourth-order valence-corrected chi connectivity index (χ4v) is 4.36. The number of carboxylic acids is 2. The number of carboxylic acid groups (broad SMARTS) is 2. The summed E-state index contributed by atoms with van der Waals surface area (Å²) < 4.78 is 0. The van der Waals surface area contributed by atoms with Crippen LogP contribution in [-0.4, -0.2) is 69.4 Å². The molecule has 0 saturated heterocycles. The molecule has 8 nitrogen and oxygen atoms in total. The van der Waals surface area contributed by atoms with Crippen LogP contribution in [0.1, 0.15) is 18.1 Å². The monoisotopic (exact) mass is 442 g/mol. The molecule has 0 saturated carbocycles. The van der Waals surface area contributed by atoms with Gasteiger partial charge in [-0.3, -0.25) is 4.90 Å². The highest BCUT2D eigenvalue weighted by atomic mass is 32.1. The van der Waals surface area contributed by atoms with Gasteiger partial charge in [0.1, 0.15) is 0 Å². The van der Waals surface area contributed by atoms with Gasteiger partial charge in [-0.2, -0.15) is 0 Å². The molecule has 0 amide bonds. The summed E-state index contributed by atoms with van der Waals surface area (Å²) in [7, 11) is 2.21. The first-order valence-corrected chi connectivity index (χ1v) is 10.4. The van der Waals surface area contributed by atoms with Gasteiger partial charge in [-0.05, 0) is 55.4 Å². The van der Waals surface area contributed by atoms with Crippen LogP contribution in [0.2, 0.25) is 0 Å². The first-order chi connectivity index (χ1) is 14.8. The van der Waals surface area contributed by atoms with Gasteiger partial charge in [0.2, 0.25) is 0 Å². The maximum atomic E-state index is 9.55. The molecular weight excluding hydrogens is 416 g/mol. The van der Waals surface area contributed by atoms with E-state index in [1.54, 1.807) is 0 Å². The van der Waals surface area contributed by atoms with Crippen molar-refractivity contribution in [1.29, 1.82) is 0 Å². The number of thiocarbonyl (C=S) groups is 1. The van der Waals surface area contributed by atoms with Crippen LogP contribution < -0.4 is 10.6 Å². The predicted molar refractivity (Wildman–Crippen MR) is 124 cm³/mol. The molecule has 0 spiro atoms. The number of likely N-dealkylation sites (N-methyl/N-ethyl adjacent to an activating group) is 1. The highest BCUT2D eigenvalue weighted by molar-refractivity contribution is 7.80. The van der Waals surface area contributed by atoms with Crippen molar-refractivity contribution in [3.05, 3.63) is 53.8 Å². The quantitative estimate of drug-likeness (QED) is 0.360. The first-order valence-electron chi connectivity index (χ1n) is 9.99. The molecule has 0 fully saturated rings. The van der Waals surface area contributed by atoms with Gasteiger partial charge >= 0.3 is 11.9 Å². The number of nitrogens with zero attached hydrogens (tertiary/aromatic N) is 1. The third kappa shape index (κ3) is 5.31. The number of hydrogen-bond acceptors (Lipinski definition) is 4. The Bertz CT molecular complexity index is 1040. The second kappa shape index (κ2) is 9.76. The molecule has 2 heterocycles. The van der Waals surface area contributed by atoms with Crippen molar-refractivity contribution in [2.75, 3.05) is 20.1 Å². The zero-order valence-electron chi connectivity index (χ0n) is 17.4. The molecule has 1 aliphatic carbocycles. The third-order valence-electron chi connectivity index (χ3n) is 5.29. The number of aliphatic carboxylic acids is 2. The lowest BCUT2D eigenvalue weighted by Gasteiger charge is -2.40. The molecule has 164 valence electrons. The zero-order valence-corrected chi connectivity index (χ0v) is 18.2. The van der Waals surface area contributed by atoms with Crippen molar-refractivity contribution < 1.29 is 19.8 Å². The first kappa shape index (κ1) is 22.5. The minimum absolute atomic E-state index is 0.244. The minimum atomic E-state index is -1.26. The molecule has 1 aliphatic heterocycles. The smallest absolute Gasteiger partial charge is 0.328 e. The Morgan fingerprint density at radius 1 is 1.29 bits per heavy atom. The van der Waals surface area contributed by atoms with E-state index in [9.17, 15) is 9.59 Å². The van der Waals surface area contributed by atoms with Crippen molar-refractivity contribution in [3.63, 3.8) is 0 Å². The Balaban J connectivity index is 0.000000293. The van der Waals surface area contributed by atoms with Gasteiger partial charge in [0.25, 0.3) is 0 Å². The molecule has 4 rings (SSSR count). The Kier molecular flexibility index (Phi) is 7.09. The van der Waals surface area contributed by atoms with Gasteiger partial charge in [-0.1, -0.05) is 18.2 Å². The molecule has 2 aliphatic rings. The fraction of sp³-hybridized carbons (Fsp3) is 0.318. The van der Waals surface area contributed by atoms with E-state index >= 15 is 0 Å². The predicted octanol–water partition coefficient (Wildman–Crippen LogP) is 1.99. The van der Waals surface area contributed by atoms with Crippen LogP contribution in [0.25, 0.3) is 16.5 Å². The maximum absolute atomic E-state index is 9.55. The Morgan fingerprint density at radius 2 is 2.00 bits per heavy atom. The lowest BCUT2D eigenvalue weighted by atomic mass is 9.81. The summed E-state index contributed by atoms with van der Waals surface area (Å²) in [4.78, 5) is 25.0. The normalized spacial score (nSPS) is 19.7. The number of H-pyrrole nitrogens is 1. The Morgan fingerprint density at radius 3 is 2.65 bits per heavy atom. The van der Waals surface area contributed by atoms with E-state index < -0.39 is 11.9 Å². The van der Waals surface area contributed by atoms with Crippen LogP contribution >= 0.6 is 12.2 Å².